The van der Waals surface area contributed by atoms with Gasteiger partial charge in [-0.1, -0.05) is 23.7 Å². The van der Waals surface area contributed by atoms with Gasteiger partial charge in [0, 0.05) is 27.8 Å². The lowest BCUT2D eigenvalue weighted by Gasteiger charge is -2.15. The van der Waals surface area contributed by atoms with E-state index >= 15 is 0 Å². The Balaban J connectivity index is 2.21. The zero-order valence-electron chi connectivity index (χ0n) is 9.95. The van der Waals surface area contributed by atoms with Crippen LogP contribution in [0.25, 0.3) is 0 Å². The molecule has 100 valence electrons. The zero-order valence-corrected chi connectivity index (χ0v) is 11.5. The molecule has 1 nitrogen and oxygen atoms in total. The molecule has 19 heavy (non-hydrogen) atoms. The predicted molar refractivity (Wildman–Crippen MR) is 75.5 cm³/mol. The second kappa shape index (κ2) is 6.37. The molecule has 0 saturated heterocycles. The minimum atomic E-state index is -0.586. The van der Waals surface area contributed by atoms with Gasteiger partial charge in [-0.05, 0) is 29.8 Å². The van der Waals surface area contributed by atoms with Gasteiger partial charge in [-0.25, -0.2) is 8.78 Å². The molecule has 0 saturated carbocycles. The number of rotatable bonds is 4. The average molecular weight is 300 g/mol. The third-order valence-electron chi connectivity index (χ3n) is 2.62. The third-order valence-corrected chi connectivity index (χ3v) is 4.21. The first kappa shape index (κ1) is 14.3. The molecule has 0 bridgehead atoms. The molecule has 2 aromatic rings. The molecule has 2 rings (SSSR count). The normalized spacial score (nSPS) is 12.4. The van der Waals surface area contributed by atoms with Crippen molar-refractivity contribution in [3.63, 3.8) is 0 Å². The molecule has 0 aliphatic rings. The van der Waals surface area contributed by atoms with Crippen molar-refractivity contribution < 1.29 is 8.78 Å². The number of halogens is 3. The minimum Gasteiger partial charge on any atom is -0.329 e. The van der Waals surface area contributed by atoms with Gasteiger partial charge in [-0.3, -0.25) is 0 Å². The summed E-state index contributed by atoms with van der Waals surface area (Å²) in [7, 11) is 0. The van der Waals surface area contributed by atoms with Gasteiger partial charge >= 0.3 is 0 Å². The van der Waals surface area contributed by atoms with Gasteiger partial charge in [0.25, 0.3) is 0 Å². The second-order valence-electron chi connectivity index (χ2n) is 3.97. The quantitative estimate of drug-likeness (QED) is 0.846. The van der Waals surface area contributed by atoms with E-state index in [1.807, 2.05) is 12.1 Å². The molecule has 2 N–H and O–H groups in total. The van der Waals surface area contributed by atoms with Gasteiger partial charge < -0.3 is 5.73 Å². The topological polar surface area (TPSA) is 26.0 Å². The molecule has 5 heteroatoms. The van der Waals surface area contributed by atoms with Crippen LogP contribution >= 0.6 is 23.4 Å². The summed E-state index contributed by atoms with van der Waals surface area (Å²) < 4.78 is 26.4. The van der Waals surface area contributed by atoms with E-state index in [4.69, 9.17) is 17.3 Å². The highest BCUT2D eigenvalue weighted by atomic mass is 35.5. The van der Waals surface area contributed by atoms with Crippen LogP contribution in [-0.4, -0.2) is 6.54 Å². The van der Waals surface area contributed by atoms with Crippen molar-refractivity contribution in [2.24, 2.45) is 5.73 Å². The van der Waals surface area contributed by atoms with E-state index in [-0.39, 0.29) is 5.25 Å². The van der Waals surface area contributed by atoms with E-state index < -0.39 is 11.6 Å². The number of nitrogens with two attached hydrogens (primary N) is 1. The molecule has 0 heterocycles. The molecular formula is C14H12ClF2NS. The molecule has 0 fully saturated rings. The van der Waals surface area contributed by atoms with Crippen molar-refractivity contribution in [1.29, 1.82) is 0 Å². The van der Waals surface area contributed by atoms with Crippen LogP contribution in [0.15, 0.2) is 47.4 Å². The Morgan fingerprint density at radius 2 is 1.79 bits per heavy atom. The number of thioether (sulfide) groups is 1. The van der Waals surface area contributed by atoms with Crippen LogP contribution in [0.1, 0.15) is 10.8 Å². The van der Waals surface area contributed by atoms with Gasteiger partial charge in [0.05, 0.1) is 0 Å². The molecule has 0 spiro atoms. The van der Waals surface area contributed by atoms with Crippen LogP contribution in [0.3, 0.4) is 0 Å². The highest BCUT2D eigenvalue weighted by Gasteiger charge is 2.14. The maximum absolute atomic E-state index is 13.6. The predicted octanol–water partition coefficient (Wildman–Crippen LogP) is 4.41. The number of hydrogen-bond acceptors (Lipinski definition) is 2. The van der Waals surface area contributed by atoms with Crippen LogP contribution < -0.4 is 5.73 Å². The first-order valence-electron chi connectivity index (χ1n) is 5.67. The Morgan fingerprint density at radius 1 is 1.11 bits per heavy atom. The molecule has 0 aliphatic carbocycles. The van der Waals surface area contributed by atoms with Gasteiger partial charge in [0.15, 0.2) is 0 Å². The van der Waals surface area contributed by atoms with Crippen LogP contribution in [0.5, 0.6) is 0 Å². The maximum Gasteiger partial charge on any atom is 0.139 e. The fourth-order valence-electron chi connectivity index (χ4n) is 1.65. The van der Waals surface area contributed by atoms with Crippen LogP contribution in [0.4, 0.5) is 8.78 Å². The Morgan fingerprint density at radius 3 is 2.37 bits per heavy atom. The third kappa shape index (κ3) is 3.69. The summed E-state index contributed by atoms with van der Waals surface area (Å²) in [5.74, 6) is -1.16. The van der Waals surface area contributed by atoms with Crippen LogP contribution in [-0.2, 0) is 0 Å². The summed E-state index contributed by atoms with van der Waals surface area (Å²) in [5.41, 5.74) is 6.68. The largest absolute Gasteiger partial charge is 0.329 e. The van der Waals surface area contributed by atoms with Crippen molar-refractivity contribution in [2.75, 3.05) is 6.54 Å². The molecule has 1 unspecified atom stereocenters. The van der Waals surface area contributed by atoms with Crippen molar-refractivity contribution in [2.45, 2.75) is 10.1 Å². The molecule has 0 aliphatic heterocycles. The smallest absolute Gasteiger partial charge is 0.139 e. The van der Waals surface area contributed by atoms with Crippen molar-refractivity contribution in [3.05, 3.63) is 64.7 Å². The van der Waals surface area contributed by atoms with E-state index in [1.54, 1.807) is 12.1 Å². The highest BCUT2D eigenvalue weighted by Crippen LogP contribution is 2.36. The first-order chi connectivity index (χ1) is 9.10. The lowest BCUT2D eigenvalue weighted by atomic mass is 10.1. The summed E-state index contributed by atoms with van der Waals surface area (Å²) >= 11 is 7.10. The van der Waals surface area contributed by atoms with Gasteiger partial charge in [-0.2, -0.15) is 0 Å². The Bertz CT molecular complexity index is 560. The van der Waals surface area contributed by atoms with Gasteiger partial charge in [0.1, 0.15) is 11.6 Å². The fraction of sp³-hybridized carbons (Fsp3) is 0.143. The van der Waals surface area contributed by atoms with Crippen molar-refractivity contribution in [1.82, 2.24) is 0 Å². The standard InChI is InChI=1S/C14H12ClF2NS/c15-10-3-1-9(2-4-10)14(8-18)19-13-6-5-11(16)7-12(13)17/h1-7,14H,8,18H2. The molecule has 2 aromatic carbocycles. The minimum absolute atomic E-state index is 0.0998. The van der Waals surface area contributed by atoms with Crippen molar-refractivity contribution >= 4 is 23.4 Å². The van der Waals surface area contributed by atoms with E-state index in [0.29, 0.717) is 16.5 Å². The molecule has 0 radical (unpaired) electrons. The number of benzene rings is 2. The fourth-order valence-corrected chi connectivity index (χ4v) is 2.79. The molecular weight excluding hydrogens is 288 g/mol. The summed E-state index contributed by atoms with van der Waals surface area (Å²) in [6, 6.07) is 10.8. The van der Waals surface area contributed by atoms with Crippen molar-refractivity contribution in [3.8, 4) is 0 Å². The monoisotopic (exact) mass is 299 g/mol. The Kier molecular flexibility index (Phi) is 4.80. The van der Waals surface area contributed by atoms with E-state index in [9.17, 15) is 8.78 Å². The molecule has 0 amide bonds. The van der Waals surface area contributed by atoms with Crippen LogP contribution in [0, 0.1) is 11.6 Å². The maximum atomic E-state index is 13.6. The van der Waals surface area contributed by atoms with Gasteiger partial charge in [-0.15, -0.1) is 11.8 Å². The van der Waals surface area contributed by atoms with E-state index in [0.717, 1.165) is 11.6 Å². The van der Waals surface area contributed by atoms with E-state index in [2.05, 4.69) is 0 Å². The zero-order chi connectivity index (χ0) is 13.8. The molecule has 0 aromatic heterocycles. The van der Waals surface area contributed by atoms with Crippen LogP contribution in [0.2, 0.25) is 5.02 Å². The summed E-state index contributed by atoms with van der Waals surface area (Å²) in [4.78, 5) is 0.381. The lowest BCUT2D eigenvalue weighted by Crippen LogP contribution is -2.09. The van der Waals surface area contributed by atoms with Gasteiger partial charge in [0.2, 0.25) is 0 Å². The second-order valence-corrected chi connectivity index (χ2v) is 5.65. The summed E-state index contributed by atoms with van der Waals surface area (Å²) in [5, 5.41) is 0.537. The highest BCUT2D eigenvalue weighted by molar-refractivity contribution is 7.99. The van der Waals surface area contributed by atoms with E-state index in [1.165, 1.54) is 23.9 Å². The SMILES string of the molecule is NCC(Sc1ccc(F)cc1F)c1ccc(Cl)cc1. The summed E-state index contributed by atoms with van der Waals surface area (Å²) in [6.45, 7) is 0.350. The first-order valence-corrected chi connectivity index (χ1v) is 6.93. The average Bonchev–Trinajstić information content (AvgIpc) is 2.39. The molecule has 1 atom stereocenters. The number of hydrogen-bond donors (Lipinski definition) is 1. The summed E-state index contributed by atoms with van der Waals surface area (Å²) in [6.07, 6.45) is 0. The lowest BCUT2D eigenvalue weighted by molar-refractivity contribution is 0.565. The Hall–Kier alpha value is -1.10. The Labute approximate surface area is 119 Å².